The highest BCUT2D eigenvalue weighted by Gasteiger charge is 2.24. The van der Waals surface area contributed by atoms with E-state index in [1.807, 2.05) is 0 Å². The Morgan fingerprint density at radius 3 is 2.47 bits per heavy atom. The molecule has 2 rings (SSSR count). The van der Waals surface area contributed by atoms with Gasteiger partial charge in [-0.2, -0.15) is 0 Å². The van der Waals surface area contributed by atoms with Crippen molar-refractivity contribution in [1.82, 2.24) is 5.32 Å². The van der Waals surface area contributed by atoms with Crippen LogP contribution in [-0.2, 0) is 0 Å². The van der Waals surface area contributed by atoms with Crippen molar-refractivity contribution < 1.29 is 0 Å². The summed E-state index contributed by atoms with van der Waals surface area (Å²) in [4.78, 5) is 0. The van der Waals surface area contributed by atoms with E-state index in [0.29, 0.717) is 0 Å². The standard InChI is InChI=1S/C16H25N/c1-2-17-13-16(14-9-5-3-6-10-14)15-11-7-4-8-12-15/h3,5-6,9-10,15-17H,2,4,7-8,11-13H2,1H3. The van der Waals surface area contributed by atoms with Crippen LogP contribution < -0.4 is 5.32 Å². The van der Waals surface area contributed by atoms with E-state index in [2.05, 4.69) is 42.6 Å². The van der Waals surface area contributed by atoms with Crippen LogP contribution in [0.2, 0.25) is 0 Å². The summed E-state index contributed by atoms with van der Waals surface area (Å²) >= 11 is 0. The molecule has 0 radical (unpaired) electrons. The normalized spacial score (nSPS) is 19.1. The third kappa shape index (κ3) is 3.57. The van der Waals surface area contributed by atoms with Crippen molar-refractivity contribution in [3.05, 3.63) is 35.9 Å². The Morgan fingerprint density at radius 1 is 1.12 bits per heavy atom. The highest BCUT2D eigenvalue weighted by Crippen LogP contribution is 2.35. The van der Waals surface area contributed by atoms with Gasteiger partial charge in [0, 0.05) is 6.54 Å². The molecule has 17 heavy (non-hydrogen) atoms. The fourth-order valence-corrected chi connectivity index (χ4v) is 3.09. The van der Waals surface area contributed by atoms with E-state index in [1.165, 1.54) is 37.7 Å². The van der Waals surface area contributed by atoms with Gasteiger partial charge in [-0.1, -0.05) is 56.5 Å². The maximum absolute atomic E-state index is 3.54. The Morgan fingerprint density at radius 2 is 1.82 bits per heavy atom. The van der Waals surface area contributed by atoms with Crippen LogP contribution in [0.5, 0.6) is 0 Å². The first-order chi connectivity index (χ1) is 8.42. The monoisotopic (exact) mass is 231 g/mol. The third-order valence-corrected chi connectivity index (χ3v) is 4.06. The number of hydrogen-bond acceptors (Lipinski definition) is 1. The van der Waals surface area contributed by atoms with Crippen LogP contribution in [-0.4, -0.2) is 13.1 Å². The fraction of sp³-hybridized carbons (Fsp3) is 0.625. The Balaban J connectivity index is 2.06. The lowest BCUT2D eigenvalue weighted by Gasteiger charge is -2.31. The molecule has 1 aromatic carbocycles. The van der Waals surface area contributed by atoms with Gasteiger partial charge in [-0.05, 0) is 36.8 Å². The average molecular weight is 231 g/mol. The molecule has 1 unspecified atom stereocenters. The van der Waals surface area contributed by atoms with Crippen molar-refractivity contribution in [3.63, 3.8) is 0 Å². The van der Waals surface area contributed by atoms with Gasteiger partial charge >= 0.3 is 0 Å². The molecule has 1 saturated carbocycles. The zero-order chi connectivity index (χ0) is 11.9. The van der Waals surface area contributed by atoms with Crippen molar-refractivity contribution in [2.45, 2.75) is 44.9 Å². The zero-order valence-electron chi connectivity index (χ0n) is 11.0. The number of likely N-dealkylation sites (N-methyl/N-ethyl adjacent to an activating group) is 1. The minimum absolute atomic E-state index is 0.719. The second kappa shape index (κ2) is 6.80. The molecule has 1 aromatic rings. The molecule has 0 heterocycles. The van der Waals surface area contributed by atoms with Gasteiger partial charge < -0.3 is 5.32 Å². The van der Waals surface area contributed by atoms with Gasteiger partial charge in [-0.15, -0.1) is 0 Å². The molecule has 1 aliphatic carbocycles. The minimum atomic E-state index is 0.719. The predicted octanol–water partition coefficient (Wildman–Crippen LogP) is 3.96. The van der Waals surface area contributed by atoms with Gasteiger partial charge in [-0.25, -0.2) is 0 Å². The predicted molar refractivity (Wildman–Crippen MR) is 74.3 cm³/mol. The second-order valence-electron chi connectivity index (χ2n) is 5.22. The van der Waals surface area contributed by atoms with E-state index in [-0.39, 0.29) is 0 Å². The van der Waals surface area contributed by atoms with Gasteiger partial charge in [0.25, 0.3) is 0 Å². The molecule has 1 heteroatoms. The molecule has 1 N–H and O–H groups in total. The smallest absolute Gasteiger partial charge is 0.00227 e. The Hall–Kier alpha value is -0.820. The van der Waals surface area contributed by atoms with Gasteiger partial charge in [0.1, 0.15) is 0 Å². The largest absolute Gasteiger partial charge is 0.316 e. The van der Waals surface area contributed by atoms with Crippen molar-refractivity contribution in [2.24, 2.45) is 5.92 Å². The van der Waals surface area contributed by atoms with E-state index < -0.39 is 0 Å². The van der Waals surface area contributed by atoms with Crippen molar-refractivity contribution >= 4 is 0 Å². The topological polar surface area (TPSA) is 12.0 Å². The summed E-state index contributed by atoms with van der Waals surface area (Å²) in [6, 6.07) is 11.1. The molecule has 0 bridgehead atoms. The van der Waals surface area contributed by atoms with Crippen LogP contribution in [0.15, 0.2) is 30.3 Å². The van der Waals surface area contributed by atoms with Crippen LogP contribution in [0.25, 0.3) is 0 Å². The number of rotatable bonds is 5. The lowest BCUT2D eigenvalue weighted by Crippen LogP contribution is -2.27. The van der Waals surface area contributed by atoms with E-state index in [9.17, 15) is 0 Å². The van der Waals surface area contributed by atoms with E-state index >= 15 is 0 Å². The number of nitrogens with one attached hydrogen (secondary N) is 1. The minimum Gasteiger partial charge on any atom is -0.316 e. The van der Waals surface area contributed by atoms with Crippen LogP contribution in [0.3, 0.4) is 0 Å². The maximum Gasteiger partial charge on any atom is 0.00227 e. The molecule has 94 valence electrons. The van der Waals surface area contributed by atoms with Crippen molar-refractivity contribution in [2.75, 3.05) is 13.1 Å². The highest BCUT2D eigenvalue weighted by molar-refractivity contribution is 5.21. The molecule has 0 amide bonds. The molecule has 0 saturated heterocycles. The summed E-state index contributed by atoms with van der Waals surface area (Å²) in [6.07, 6.45) is 7.15. The summed E-state index contributed by atoms with van der Waals surface area (Å²) in [5.74, 6) is 1.61. The lowest BCUT2D eigenvalue weighted by molar-refractivity contribution is 0.298. The first-order valence-electron chi connectivity index (χ1n) is 7.17. The van der Waals surface area contributed by atoms with E-state index in [4.69, 9.17) is 0 Å². The Kier molecular flexibility index (Phi) is 5.06. The molecule has 1 atom stereocenters. The third-order valence-electron chi connectivity index (χ3n) is 4.06. The SMILES string of the molecule is CCNCC(c1ccccc1)C1CCCCC1. The molecular formula is C16H25N. The van der Waals surface area contributed by atoms with Gasteiger partial charge in [-0.3, -0.25) is 0 Å². The van der Waals surface area contributed by atoms with Gasteiger partial charge in [0.05, 0.1) is 0 Å². The first kappa shape index (κ1) is 12.6. The average Bonchev–Trinajstić information content (AvgIpc) is 2.42. The molecule has 0 aliphatic heterocycles. The molecule has 1 aliphatic rings. The number of benzene rings is 1. The van der Waals surface area contributed by atoms with E-state index in [1.54, 1.807) is 0 Å². The summed E-state index contributed by atoms with van der Waals surface area (Å²) in [5, 5.41) is 3.54. The Labute approximate surface area is 106 Å². The van der Waals surface area contributed by atoms with Crippen LogP contribution in [0.4, 0.5) is 0 Å². The van der Waals surface area contributed by atoms with Gasteiger partial charge in [0.15, 0.2) is 0 Å². The molecule has 1 fully saturated rings. The quantitative estimate of drug-likeness (QED) is 0.809. The van der Waals surface area contributed by atoms with Crippen LogP contribution in [0.1, 0.15) is 50.5 Å². The fourth-order valence-electron chi connectivity index (χ4n) is 3.09. The summed E-state index contributed by atoms with van der Waals surface area (Å²) in [6.45, 7) is 4.42. The van der Waals surface area contributed by atoms with Crippen LogP contribution in [0, 0.1) is 5.92 Å². The second-order valence-corrected chi connectivity index (χ2v) is 5.22. The van der Waals surface area contributed by atoms with Crippen LogP contribution >= 0.6 is 0 Å². The zero-order valence-corrected chi connectivity index (χ0v) is 11.0. The molecular weight excluding hydrogens is 206 g/mol. The molecule has 0 spiro atoms. The Bertz CT molecular complexity index is 301. The van der Waals surface area contributed by atoms with E-state index in [0.717, 1.165) is 24.9 Å². The molecule has 1 nitrogen and oxygen atoms in total. The molecule has 0 aromatic heterocycles. The highest BCUT2D eigenvalue weighted by atomic mass is 14.8. The summed E-state index contributed by atoms with van der Waals surface area (Å²) in [5.41, 5.74) is 1.53. The summed E-state index contributed by atoms with van der Waals surface area (Å²) < 4.78 is 0. The lowest BCUT2D eigenvalue weighted by atomic mass is 9.77. The van der Waals surface area contributed by atoms with Crippen molar-refractivity contribution in [3.8, 4) is 0 Å². The maximum atomic E-state index is 3.54. The first-order valence-corrected chi connectivity index (χ1v) is 7.17. The summed E-state index contributed by atoms with van der Waals surface area (Å²) in [7, 11) is 0. The number of hydrogen-bond donors (Lipinski definition) is 1. The van der Waals surface area contributed by atoms with Crippen molar-refractivity contribution in [1.29, 1.82) is 0 Å². The van der Waals surface area contributed by atoms with Gasteiger partial charge in [0.2, 0.25) is 0 Å².